The molecule has 2 fully saturated rings. The van der Waals surface area contributed by atoms with Crippen molar-refractivity contribution in [2.24, 2.45) is 5.92 Å². The Morgan fingerprint density at radius 2 is 1.53 bits per heavy atom. The summed E-state index contributed by atoms with van der Waals surface area (Å²) in [6.07, 6.45) is 0.388. The smallest absolute Gasteiger partial charge is 0.316 e. The Morgan fingerprint density at radius 3 is 2.23 bits per heavy atom. The maximum absolute atomic E-state index is 12.6. The molecule has 0 saturated carbocycles. The highest BCUT2D eigenvalue weighted by Gasteiger charge is 2.37. The zero-order valence-electron chi connectivity index (χ0n) is 16.4. The molecular formula is C22H20N2O6. The highest BCUT2D eigenvalue weighted by molar-refractivity contribution is 6.19. The first-order valence-electron chi connectivity index (χ1n) is 9.58. The molecule has 8 nitrogen and oxygen atoms in total. The normalized spacial score (nSPS) is 18.8. The number of anilines is 2. The second-order valence-corrected chi connectivity index (χ2v) is 7.15. The quantitative estimate of drug-likeness (QED) is 0.428. The van der Waals surface area contributed by atoms with E-state index in [0.29, 0.717) is 17.1 Å². The molecule has 0 bridgehead atoms. The molecule has 2 aromatic carbocycles. The number of imide groups is 1. The van der Waals surface area contributed by atoms with Gasteiger partial charge in [0.05, 0.1) is 18.7 Å². The van der Waals surface area contributed by atoms with Gasteiger partial charge < -0.3 is 14.4 Å². The van der Waals surface area contributed by atoms with Crippen LogP contribution in [0.1, 0.15) is 19.3 Å². The molecule has 3 amide bonds. The van der Waals surface area contributed by atoms with Gasteiger partial charge in [-0.25, -0.2) is 0 Å². The molecule has 0 spiro atoms. The summed E-state index contributed by atoms with van der Waals surface area (Å²) in [5, 5.41) is 0. The molecule has 2 aliphatic heterocycles. The monoisotopic (exact) mass is 408 g/mol. The number of nitrogens with zero attached hydrogens (tertiary/aromatic N) is 2. The van der Waals surface area contributed by atoms with Crippen molar-refractivity contribution >= 4 is 35.1 Å². The Balaban J connectivity index is 1.46. The third-order valence-electron chi connectivity index (χ3n) is 5.17. The van der Waals surface area contributed by atoms with Crippen molar-refractivity contribution in [2.75, 3.05) is 23.5 Å². The summed E-state index contributed by atoms with van der Waals surface area (Å²) in [7, 11) is 1.54. The lowest BCUT2D eigenvalue weighted by atomic mass is 10.1. The molecule has 0 N–H and O–H groups in total. The van der Waals surface area contributed by atoms with Gasteiger partial charge in [-0.05, 0) is 24.3 Å². The van der Waals surface area contributed by atoms with E-state index < -0.39 is 11.9 Å². The standard InChI is InChI=1S/C22H20N2O6/c1-29-17-6-2-4-15(11-17)23-13-14(10-21(23)27)22(28)30-18-7-3-5-16(12-18)24-19(25)8-9-20(24)26/h2-7,11-12,14H,8-10,13H2,1H3/t14-/m1/s1. The van der Waals surface area contributed by atoms with Crippen LogP contribution in [0.5, 0.6) is 11.5 Å². The van der Waals surface area contributed by atoms with Crippen LogP contribution in [0.3, 0.4) is 0 Å². The van der Waals surface area contributed by atoms with Crippen LogP contribution in [0, 0.1) is 5.92 Å². The van der Waals surface area contributed by atoms with Gasteiger partial charge in [-0.3, -0.25) is 24.1 Å². The Morgan fingerprint density at radius 1 is 0.900 bits per heavy atom. The third kappa shape index (κ3) is 3.76. The van der Waals surface area contributed by atoms with Gasteiger partial charge in [-0.2, -0.15) is 0 Å². The molecule has 0 aliphatic carbocycles. The van der Waals surface area contributed by atoms with E-state index in [2.05, 4.69) is 0 Å². The SMILES string of the molecule is COc1cccc(N2C[C@H](C(=O)Oc3cccc(N4C(=O)CCC4=O)c3)CC2=O)c1. The summed E-state index contributed by atoms with van der Waals surface area (Å²) in [5.41, 5.74) is 1.02. The Bertz CT molecular complexity index is 1020. The van der Waals surface area contributed by atoms with Gasteiger partial charge in [-0.1, -0.05) is 12.1 Å². The summed E-state index contributed by atoms with van der Waals surface area (Å²) in [5.74, 6) is -1.05. The summed E-state index contributed by atoms with van der Waals surface area (Å²) in [6.45, 7) is 0.202. The van der Waals surface area contributed by atoms with Crippen LogP contribution in [0.25, 0.3) is 0 Å². The number of hydrogen-bond acceptors (Lipinski definition) is 6. The summed E-state index contributed by atoms with van der Waals surface area (Å²) < 4.78 is 10.6. The van der Waals surface area contributed by atoms with Crippen LogP contribution < -0.4 is 19.3 Å². The van der Waals surface area contributed by atoms with Crippen molar-refractivity contribution in [3.05, 3.63) is 48.5 Å². The van der Waals surface area contributed by atoms with Crippen LogP contribution >= 0.6 is 0 Å². The maximum atomic E-state index is 12.6. The summed E-state index contributed by atoms with van der Waals surface area (Å²) in [4.78, 5) is 51.6. The van der Waals surface area contributed by atoms with Gasteiger partial charge in [0.15, 0.2) is 0 Å². The van der Waals surface area contributed by atoms with Crippen molar-refractivity contribution in [3.63, 3.8) is 0 Å². The Kier molecular flexibility index (Phi) is 5.22. The molecular weight excluding hydrogens is 388 g/mol. The molecule has 2 aromatic rings. The van der Waals surface area contributed by atoms with Gasteiger partial charge in [0, 0.05) is 43.6 Å². The van der Waals surface area contributed by atoms with Crippen LogP contribution in [0.4, 0.5) is 11.4 Å². The van der Waals surface area contributed by atoms with Crippen molar-refractivity contribution in [1.82, 2.24) is 0 Å². The fraction of sp³-hybridized carbons (Fsp3) is 0.273. The second kappa shape index (κ2) is 7.98. The number of rotatable bonds is 5. The number of carbonyl (C=O) groups is 4. The molecule has 0 unspecified atom stereocenters. The van der Waals surface area contributed by atoms with E-state index >= 15 is 0 Å². The average Bonchev–Trinajstić information content (AvgIpc) is 3.30. The predicted octanol–water partition coefficient (Wildman–Crippen LogP) is 2.31. The van der Waals surface area contributed by atoms with Gasteiger partial charge in [0.25, 0.3) is 0 Å². The van der Waals surface area contributed by atoms with Crippen LogP contribution in [0.15, 0.2) is 48.5 Å². The first-order valence-corrected chi connectivity index (χ1v) is 9.58. The molecule has 4 rings (SSSR count). The zero-order chi connectivity index (χ0) is 21.3. The first kappa shape index (κ1) is 19.6. The molecule has 2 heterocycles. The second-order valence-electron chi connectivity index (χ2n) is 7.15. The minimum Gasteiger partial charge on any atom is -0.497 e. The number of ether oxygens (including phenoxy) is 2. The van der Waals surface area contributed by atoms with Crippen LogP contribution in [-0.2, 0) is 19.2 Å². The van der Waals surface area contributed by atoms with Gasteiger partial charge in [0.1, 0.15) is 11.5 Å². The highest BCUT2D eigenvalue weighted by Crippen LogP contribution is 2.30. The molecule has 8 heteroatoms. The lowest BCUT2D eigenvalue weighted by Crippen LogP contribution is -2.29. The molecule has 0 aromatic heterocycles. The van der Waals surface area contributed by atoms with E-state index in [1.54, 1.807) is 49.6 Å². The largest absolute Gasteiger partial charge is 0.497 e. The number of methoxy groups -OCH3 is 1. The first-order chi connectivity index (χ1) is 14.5. The van der Waals surface area contributed by atoms with Crippen LogP contribution in [-0.4, -0.2) is 37.3 Å². The maximum Gasteiger partial charge on any atom is 0.316 e. The van der Waals surface area contributed by atoms with E-state index in [1.807, 2.05) is 0 Å². The van der Waals surface area contributed by atoms with Crippen molar-refractivity contribution in [1.29, 1.82) is 0 Å². The van der Waals surface area contributed by atoms with E-state index in [4.69, 9.17) is 9.47 Å². The highest BCUT2D eigenvalue weighted by atomic mass is 16.5. The van der Waals surface area contributed by atoms with E-state index in [9.17, 15) is 19.2 Å². The average molecular weight is 408 g/mol. The Labute approximate surface area is 173 Å². The van der Waals surface area contributed by atoms with Crippen LogP contribution in [0.2, 0.25) is 0 Å². The van der Waals surface area contributed by atoms with E-state index in [1.165, 1.54) is 11.0 Å². The molecule has 0 radical (unpaired) electrons. The number of carbonyl (C=O) groups excluding carboxylic acids is 4. The van der Waals surface area contributed by atoms with Gasteiger partial charge in [-0.15, -0.1) is 0 Å². The molecule has 2 saturated heterocycles. The molecule has 1 atom stereocenters. The molecule has 2 aliphatic rings. The third-order valence-corrected chi connectivity index (χ3v) is 5.17. The van der Waals surface area contributed by atoms with Gasteiger partial charge in [0.2, 0.25) is 17.7 Å². The number of esters is 1. The fourth-order valence-corrected chi connectivity index (χ4v) is 3.64. The van der Waals surface area contributed by atoms with E-state index in [0.717, 1.165) is 4.90 Å². The predicted molar refractivity (Wildman–Crippen MR) is 107 cm³/mol. The van der Waals surface area contributed by atoms with Gasteiger partial charge >= 0.3 is 5.97 Å². The fourth-order valence-electron chi connectivity index (χ4n) is 3.64. The Hall–Kier alpha value is -3.68. The topological polar surface area (TPSA) is 93.2 Å². The van der Waals surface area contributed by atoms with E-state index in [-0.39, 0.29) is 49.3 Å². The van der Waals surface area contributed by atoms with Crippen molar-refractivity contribution in [3.8, 4) is 11.5 Å². The summed E-state index contributed by atoms with van der Waals surface area (Å²) in [6, 6.07) is 13.3. The zero-order valence-corrected chi connectivity index (χ0v) is 16.4. The minimum atomic E-state index is -0.623. The van der Waals surface area contributed by atoms with Crippen molar-refractivity contribution in [2.45, 2.75) is 19.3 Å². The molecule has 154 valence electrons. The number of hydrogen-bond donors (Lipinski definition) is 0. The summed E-state index contributed by atoms with van der Waals surface area (Å²) >= 11 is 0. The van der Waals surface area contributed by atoms with Crippen molar-refractivity contribution < 1.29 is 28.7 Å². The molecule has 30 heavy (non-hydrogen) atoms. The lowest BCUT2D eigenvalue weighted by molar-refractivity contribution is -0.139. The number of amides is 3. The number of benzene rings is 2. The lowest BCUT2D eigenvalue weighted by Gasteiger charge is -2.17. The minimum absolute atomic E-state index is 0.0405.